The molecule has 2 aromatic rings. The van der Waals surface area contributed by atoms with E-state index < -0.39 is 5.60 Å². The molecule has 1 saturated carbocycles. The van der Waals surface area contributed by atoms with Crippen LogP contribution in [0.3, 0.4) is 0 Å². The Labute approximate surface area is 115 Å². The SMILES string of the molecule is CC(C)(O)c1cc2ccccc2n1CC1CCCC1. The predicted molar refractivity (Wildman–Crippen MR) is 79.1 cm³/mol. The van der Waals surface area contributed by atoms with Crippen LogP contribution in [0.5, 0.6) is 0 Å². The van der Waals surface area contributed by atoms with Gasteiger partial charge in [-0.2, -0.15) is 0 Å². The molecule has 0 radical (unpaired) electrons. The number of hydrogen-bond donors (Lipinski definition) is 1. The Balaban J connectivity index is 2.07. The molecular weight excluding hydrogens is 234 g/mol. The summed E-state index contributed by atoms with van der Waals surface area (Å²) in [6.45, 7) is 4.81. The Hall–Kier alpha value is -1.28. The topological polar surface area (TPSA) is 25.2 Å². The fourth-order valence-electron chi connectivity index (χ4n) is 3.37. The van der Waals surface area contributed by atoms with E-state index in [2.05, 4.69) is 34.9 Å². The Morgan fingerprint density at radius 2 is 1.89 bits per heavy atom. The Morgan fingerprint density at radius 3 is 2.58 bits per heavy atom. The minimum absolute atomic E-state index is 0.775. The van der Waals surface area contributed by atoms with Gasteiger partial charge in [0.1, 0.15) is 0 Å². The van der Waals surface area contributed by atoms with Crippen LogP contribution in [0.4, 0.5) is 0 Å². The molecule has 0 amide bonds. The summed E-state index contributed by atoms with van der Waals surface area (Å²) in [6, 6.07) is 10.6. The van der Waals surface area contributed by atoms with Crippen LogP contribution in [0, 0.1) is 5.92 Å². The second-order valence-electron chi connectivity index (χ2n) is 6.41. The summed E-state index contributed by atoms with van der Waals surface area (Å²) in [6.07, 6.45) is 5.39. The maximum atomic E-state index is 10.4. The van der Waals surface area contributed by atoms with Gasteiger partial charge < -0.3 is 9.67 Å². The number of nitrogens with zero attached hydrogens (tertiary/aromatic N) is 1. The largest absolute Gasteiger partial charge is 0.384 e. The van der Waals surface area contributed by atoms with Crippen molar-refractivity contribution < 1.29 is 5.11 Å². The lowest BCUT2D eigenvalue weighted by atomic mass is 10.0. The molecule has 1 heterocycles. The van der Waals surface area contributed by atoms with E-state index in [1.807, 2.05) is 13.8 Å². The van der Waals surface area contributed by atoms with Gasteiger partial charge in [-0.05, 0) is 50.1 Å². The summed E-state index contributed by atoms with van der Waals surface area (Å²) in [5.74, 6) is 0.775. The fraction of sp³-hybridized carbons (Fsp3) is 0.529. The number of rotatable bonds is 3. The summed E-state index contributed by atoms with van der Waals surface area (Å²) in [7, 11) is 0. The van der Waals surface area contributed by atoms with Crippen LogP contribution >= 0.6 is 0 Å². The van der Waals surface area contributed by atoms with Gasteiger partial charge in [-0.3, -0.25) is 0 Å². The van der Waals surface area contributed by atoms with Crippen molar-refractivity contribution in [3.8, 4) is 0 Å². The first kappa shape index (κ1) is 12.7. The molecule has 2 nitrogen and oxygen atoms in total. The van der Waals surface area contributed by atoms with Crippen LogP contribution in [0.15, 0.2) is 30.3 Å². The van der Waals surface area contributed by atoms with Gasteiger partial charge in [0, 0.05) is 12.1 Å². The fourth-order valence-corrected chi connectivity index (χ4v) is 3.37. The lowest BCUT2D eigenvalue weighted by Crippen LogP contribution is -2.22. The molecule has 1 aliphatic rings. The third-order valence-electron chi connectivity index (χ3n) is 4.35. The van der Waals surface area contributed by atoms with Gasteiger partial charge in [0.15, 0.2) is 0 Å². The predicted octanol–water partition coefficient (Wildman–Crippen LogP) is 4.06. The summed E-state index contributed by atoms with van der Waals surface area (Å²) in [5.41, 5.74) is 1.52. The first-order valence-electron chi connectivity index (χ1n) is 7.37. The van der Waals surface area contributed by atoms with Gasteiger partial charge in [-0.1, -0.05) is 31.0 Å². The van der Waals surface area contributed by atoms with Crippen molar-refractivity contribution in [1.29, 1.82) is 0 Å². The second-order valence-corrected chi connectivity index (χ2v) is 6.41. The lowest BCUT2D eigenvalue weighted by molar-refractivity contribution is 0.0693. The minimum atomic E-state index is -0.780. The average Bonchev–Trinajstić information content (AvgIpc) is 2.97. The molecule has 0 bridgehead atoms. The Bertz CT molecular complexity index is 570. The Morgan fingerprint density at radius 1 is 1.21 bits per heavy atom. The molecule has 1 aromatic heterocycles. The van der Waals surface area contributed by atoms with Gasteiger partial charge in [0.25, 0.3) is 0 Å². The van der Waals surface area contributed by atoms with E-state index in [1.54, 1.807) is 0 Å². The third-order valence-corrected chi connectivity index (χ3v) is 4.35. The maximum absolute atomic E-state index is 10.4. The quantitative estimate of drug-likeness (QED) is 0.881. The summed E-state index contributed by atoms with van der Waals surface area (Å²) in [5, 5.41) is 11.7. The number of para-hydroxylation sites is 1. The first-order valence-corrected chi connectivity index (χ1v) is 7.37. The summed E-state index contributed by atoms with van der Waals surface area (Å²) >= 11 is 0. The lowest BCUT2D eigenvalue weighted by Gasteiger charge is -2.23. The minimum Gasteiger partial charge on any atom is -0.384 e. The second kappa shape index (κ2) is 4.68. The van der Waals surface area contributed by atoms with Gasteiger partial charge >= 0.3 is 0 Å². The molecule has 0 saturated heterocycles. The van der Waals surface area contributed by atoms with Crippen LogP contribution < -0.4 is 0 Å². The zero-order valence-electron chi connectivity index (χ0n) is 11.9. The number of aliphatic hydroxyl groups is 1. The summed E-state index contributed by atoms with van der Waals surface area (Å²) < 4.78 is 2.34. The molecule has 0 spiro atoms. The molecule has 19 heavy (non-hydrogen) atoms. The highest BCUT2D eigenvalue weighted by Gasteiger charge is 2.25. The van der Waals surface area contributed by atoms with E-state index in [4.69, 9.17) is 0 Å². The van der Waals surface area contributed by atoms with Gasteiger partial charge in [-0.25, -0.2) is 0 Å². The smallest absolute Gasteiger partial charge is 0.0989 e. The van der Waals surface area contributed by atoms with E-state index in [1.165, 1.54) is 36.6 Å². The van der Waals surface area contributed by atoms with E-state index in [0.717, 1.165) is 18.2 Å². The molecule has 0 aliphatic heterocycles. The molecule has 102 valence electrons. The molecule has 3 rings (SSSR count). The molecule has 1 aliphatic carbocycles. The highest BCUT2D eigenvalue weighted by molar-refractivity contribution is 5.81. The van der Waals surface area contributed by atoms with Crippen molar-refractivity contribution in [2.24, 2.45) is 5.92 Å². The van der Waals surface area contributed by atoms with E-state index in [-0.39, 0.29) is 0 Å². The Kier molecular flexibility index (Phi) is 3.14. The molecular formula is C17H23NO. The van der Waals surface area contributed by atoms with Crippen molar-refractivity contribution in [1.82, 2.24) is 4.57 Å². The van der Waals surface area contributed by atoms with Crippen LogP contribution in [-0.4, -0.2) is 9.67 Å². The zero-order valence-corrected chi connectivity index (χ0v) is 11.9. The molecule has 2 heteroatoms. The van der Waals surface area contributed by atoms with Gasteiger partial charge in [0.05, 0.1) is 11.3 Å². The van der Waals surface area contributed by atoms with Crippen molar-refractivity contribution >= 4 is 10.9 Å². The van der Waals surface area contributed by atoms with Crippen LogP contribution in [0.1, 0.15) is 45.2 Å². The van der Waals surface area contributed by atoms with Gasteiger partial charge in [-0.15, -0.1) is 0 Å². The van der Waals surface area contributed by atoms with Crippen LogP contribution in [0.2, 0.25) is 0 Å². The van der Waals surface area contributed by atoms with Crippen molar-refractivity contribution in [2.75, 3.05) is 0 Å². The first-order chi connectivity index (χ1) is 9.05. The molecule has 0 unspecified atom stereocenters. The van der Waals surface area contributed by atoms with E-state index in [0.29, 0.717) is 0 Å². The van der Waals surface area contributed by atoms with E-state index in [9.17, 15) is 5.11 Å². The van der Waals surface area contributed by atoms with Crippen molar-refractivity contribution in [2.45, 2.75) is 51.7 Å². The van der Waals surface area contributed by atoms with Crippen LogP contribution in [0.25, 0.3) is 10.9 Å². The van der Waals surface area contributed by atoms with Crippen molar-refractivity contribution in [3.05, 3.63) is 36.0 Å². The molecule has 1 fully saturated rings. The number of hydrogen-bond acceptors (Lipinski definition) is 1. The standard InChI is InChI=1S/C17H23NO/c1-17(2,19)16-11-14-9-5-6-10-15(14)18(16)12-13-7-3-4-8-13/h5-6,9-11,13,19H,3-4,7-8,12H2,1-2H3. The van der Waals surface area contributed by atoms with Crippen molar-refractivity contribution in [3.63, 3.8) is 0 Å². The molecule has 1 aromatic carbocycles. The number of fused-ring (bicyclic) bond motifs is 1. The highest BCUT2D eigenvalue weighted by atomic mass is 16.3. The average molecular weight is 257 g/mol. The zero-order chi connectivity index (χ0) is 13.5. The summed E-state index contributed by atoms with van der Waals surface area (Å²) in [4.78, 5) is 0. The number of benzene rings is 1. The van der Waals surface area contributed by atoms with Crippen LogP contribution in [-0.2, 0) is 12.1 Å². The highest BCUT2D eigenvalue weighted by Crippen LogP contribution is 2.32. The maximum Gasteiger partial charge on any atom is 0.0989 e. The third kappa shape index (κ3) is 2.42. The van der Waals surface area contributed by atoms with Gasteiger partial charge in [0.2, 0.25) is 0 Å². The normalized spacial score (nSPS) is 17.4. The number of aromatic nitrogens is 1. The van der Waals surface area contributed by atoms with E-state index >= 15 is 0 Å². The molecule has 0 atom stereocenters. The monoisotopic (exact) mass is 257 g/mol. The molecule has 1 N–H and O–H groups in total.